The van der Waals surface area contributed by atoms with Crippen LogP contribution in [0.5, 0.6) is 0 Å². The number of aldehydes is 1. The van der Waals surface area contributed by atoms with E-state index in [-0.39, 0.29) is 0 Å². The molecule has 0 N–H and O–H groups in total. The molecule has 0 saturated carbocycles. The molecular formula is C11H8Cl2N2O. The summed E-state index contributed by atoms with van der Waals surface area (Å²) < 4.78 is 1.73. The molecule has 1 heterocycles. The van der Waals surface area contributed by atoms with Gasteiger partial charge >= 0.3 is 0 Å². The zero-order valence-electron chi connectivity index (χ0n) is 8.23. The molecule has 0 saturated heterocycles. The minimum atomic E-state index is 0.522. The second-order valence-electron chi connectivity index (χ2n) is 3.34. The van der Waals surface area contributed by atoms with E-state index < -0.39 is 0 Å². The predicted molar refractivity (Wildman–Crippen MR) is 63.2 cm³/mol. The van der Waals surface area contributed by atoms with Crippen molar-refractivity contribution in [2.45, 2.75) is 6.54 Å². The Kier molecular flexibility index (Phi) is 3.27. The fraction of sp³-hybridized carbons (Fsp3) is 0.0909. The highest BCUT2D eigenvalue weighted by Gasteiger charge is 2.03. The van der Waals surface area contributed by atoms with E-state index in [1.54, 1.807) is 17.0 Å². The molecule has 0 aliphatic heterocycles. The molecule has 2 rings (SSSR count). The molecule has 1 aromatic carbocycles. The van der Waals surface area contributed by atoms with Crippen molar-refractivity contribution >= 4 is 29.5 Å². The molecule has 2 aromatic rings. The number of aromatic nitrogens is 2. The van der Waals surface area contributed by atoms with Gasteiger partial charge in [0.05, 0.1) is 12.5 Å². The van der Waals surface area contributed by atoms with Crippen molar-refractivity contribution in [3.8, 4) is 0 Å². The predicted octanol–water partition coefficient (Wildman–Crippen LogP) is 3.05. The third kappa shape index (κ3) is 2.43. The van der Waals surface area contributed by atoms with E-state index in [0.717, 1.165) is 11.8 Å². The number of hydrogen-bond acceptors (Lipinski definition) is 2. The Morgan fingerprint density at radius 2 is 1.94 bits per heavy atom. The van der Waals surface area contributed by atoms with Gasteiger partial charge in [0.25, 0.3) is 0 Å². The first-order chi connectivity index (χ1) is 7.69. The van der Waals surface area contributed by atoms with Gasteiger partial charge in [0.2, 0.25) is 0 Å². The molecule has 1 aromatic heterocycles. The van der Waals surface area contributed by atoms with Gasteiger partial charge in [-0.3, -0.25) is 4.79 Å². The van der Waals surface area contributed by atoms with Crippen LogP contribution in [0.1, 0.15) is 16.1 Å². The van der Waals surface area contributed by atoms with Gasteiger partial charge < -0.3 is 4.57 Å². The van der Waals surface area contributed by atoms with Crippen molar-refractivity contribution in [3.63, 3.8) is 0 Å². The summed E-state index contributed by atoms with van der Waals surface area (Å²) in [6.07, 6.45) is 3.87. The maximum Gasteiger partial charge on any atom is 0.168 e. The number of nitrogens with zero attached hydrogens (tertiary/aromatic N) is 2. The molecule has 16 heavy (non-hydrogen) atoms. The number of carbonyl (C=O) groups is 1. The lowest BCUT2D eigenvalue weighted by Gasteiger charge is -2.05. The highest BCUT2D eigenvalue weighted by atomic mass is 35.5. The summed E-state index contributed by atoms with van der Waals surface area (Å²) in [5.74, 6) is 0. The number of imidazole rings is 1. The van der Waals surface area contributed by atoms with Crippen LogP contribution < -0.4 is 0 Å². The number of rotatable bonds is 3. The van der Waals surface area contributed by atoms with E-state index in [9.17, 15) is 4.79 Å². The Balaban J connectivity index is 2.30. The summed E-state index contributed by atoms with van der Waals surface area (Å²) in [6, 6.07) is 5.28. The second kappa shape index (κ2) is 4.68. The molecule has 0 atom stereocenters. The van der Waals surface area contributed by atoms with Gasteiger partial charge in [0, 0.05) is 16.6 Å². The molecule has 82 valence electrons. The lowest BCUT2D eigenvalue weighted by atomic mass is 10.2. The van der Waals surface area contributed by atoms with Gasteiger partial charge in [0.1, 0.15) is 5.69 Å². The maximum absolute atomic E-state index is 10.7. The summed E-state index contributed by atoms with van der Waals surface area (Å²) in [5, 5.41) is 1.16. The molecule has 0 unspecified atom stereocenters. The molecule has 3 nitrogen and oxygen atoms in total. The van der Waals surface area contributed by atoms with E-state index in [1.165, 1.54) is 6.20 Å². The topological polar surface area (TPSA) is 34.9 Å². The molecule has 0 fully saturated rings. The van der Waals surface area contributed by atoms with Crippen LogP contribution in [0.15, 0.2) is 30.7 Å². The lowest BCUT2D eigenvalue weighted by molar-refractivity contribution is 0.111. The van der Waals surface area contributed by atoms with E-state index in [0.29, 0.717) is 22.3 Å². The smallest absolute Gasteiger partial charge is 0.168 e. The molecule has 0 aliphatic carbocycles. The Labute approximate surface area is 103 Å². The third-order valence-corrected chi connectivity index (χ3v) is 2.58. The zero-order chi connectivity index (χ0) is 11.5. The van der Waals surface area contributed by atoms with Gasteiger partial charge in [0.15, 0.2) is 6.29 Å². The molecular weight excluding hydrogens is 247 g/mol. The Hall–Kier alpha value is -1.32. The minimum Gasteiger partial charge on any atom is -0.324 e. The van der Waals surface area contributed by atoms with Crippen LogP contribution in [0.25, 0.3) is 0 Å². The van der Waals surface area contributed by atoms with Crippen molar-refractivity contribution in [3.05, 3.63) is 52.0 Å². The standard InChI is InChI=1S/C11H8Cl2N2O/c12-9-1-8(2-10(13)3-9)5-15-7-14-4-11(15)6-16/h1-4,6-7H,5H2. The fourth-order valence-corrected chi connectivity index (χ4v) is 2.03. The molecule has 0 spiro atoms. The van der Waals surface area contributed by atoms with Crippen LogP contribution in [0.2, 0.25) is 10.0 Å². The number of halogens is 2. The first-order valence-corrected chi connectivity index (χ1v) is 5.35. The quantitative estimate of drug-likeness (QED) is 0.790. The van der Waals surface area contributed by atoms with E-state index in [1.807, 2.05) is 12.1 Å². The molecule has 0 aliphatic rings. The molecule has 0 bridgehead atoms. The van der Waals surface area contributed by atoms with Crippen LogP contribution >= 0.6 is 23.2 Å². The first-order valence-electron chi connectivity index (χ1n) is 4.59. The largest absolute Gasteiger partial charge is 0.324 e. The lowest BCUT2D eigenvalue weighted by Crippen LogP contribution is -2.02. The van der Waals surface area contributed by atoms with Crippen LogP contribution in [0.3, 0.4) is 0 Å². The third-order valence-electron chi connectivity index (χ3n) is 2.14. The van der Waals surface area contributed by atoms with Crippen molar-refractivity contribution < 1.29 is 4.79 Å². The van der Waals surface area contributed by atoms with Crippen LogP contribution in [-0.4, -0.2) is 15.8 Å². The highest BCUT2D eigenvalue weighted by Crippen LogP contribution is 2.19. The summed E-state index contributed by atoms with van der Waals surface area (Å²) in [7, 11) is 0. The van der Waals surface area contributed by atoms with E-state index >= 15 is 0 Å². The Morgan fingerprint density at radius 3 is 2.56 bits per heavy atom. The number of hydrogen-bond donors (Lipinski definition) is 0. The SMILES string of the molecule is O=Cc1cncn1Cc1cc(Cl)cc(Cl)c1. The Morgan fingerprint density at radius 1 is 1.25 bits per heavy atom. The number of benzene rings is 1. The summed E-state index contributed by atoms with van der Waals surface area (Å²) in [5.41, 5.74) is 1.45. The highest BCUT2D eigenvalue weighted by molar-refractivity contribution is 6.34. The van der Waals surface area contributed by atoms with Crippen molar-refractivity contribution in [2.24, 2.45) is 0 Å². The summed E-state index contributed by atoms with van der Waals surface area (Å²) in [4.78, 5) is 14.6. The van der Waals surface area contributed by atoms with E-state index in [4.69, 9.17) is 23.2 Å². The average Bonchev–Trinajstić information content (AvgIpc) is 2.63. The van der Waals surface area contributed by atoms with Crippen LogP contribution in [-0.2, 0) is 6.54 Å². The summed E-state index contributed by atoms with van der Waals surface area (Å²) in [6.45, 7) is 0.522. The minimum absolute atomic E-state index is 0.522. The molecule has 5 heteroatoms. The Bertz CT molecular complexity index is 502. The molecule has 0 amide bonds. The fourth-order valence-electron chi connectivity index (χ4n) is 1.46. The monoisotopic (exact) mass is 254 g/mol. The summed E-state index contributed by atoms with van der Waals surface area (Å²) >= 11 is 11.8. The van der Waals surface area contributed by atoms with Gasteiger partial charge in [-0.05, 0) is 23.8 Å². The number of carbonyl (C=O) groups excluding carboxylic acids is 1. The normalized spacial score (nSPS) is 10.4. The second-order valence-corrected chi connectivity index (χ2v) is 4.21. The van der Waals surface area contributed by atoms with Gasteiger partial charge in [-0.15, -0.1) is 0 Å². The van der Waals surface area contributed by atoms with Gasteiger partial charge in [-0.1, -0.05) is 23.2 Å². The van der Waals surface area contributed by atoms with Crippen molar-refractivity contribution in [2.75, 3.05) is 0 Å². The zero-order valence-corrected chi connectivity index (χ0v) is 9.74. The first kappa shape index (κ1) is 11.2. The van der Waals surface area contributed by atoms with E-state index in [2.05, 4.69) is 4.98 Å². The van der Waals surface area contributed by atoms with Crippen molar-refractivity contribution in [1.29, 1.82) is 0 Å². The average molecular weight is 255 g/mol. The molecule has 0 radical (unpaired) electrons. The van der Waals surface area contributed by atoms with Crippen LogP contribution in [0.4, 0.5) is 0 Å². The van der Waals surface area contributed by atoms with Gasteiger partial charge in [-0.25, -0.2) is 4.98 Å². The van der Waals surface area contributed by atoms with Crippen LogP contribution in [0, 0.1) is 0 Å². The van der Waals surface area contributed by atoms with Gasteiger partial charge in [-0.2, -0.15) is 0 Å². The maximum atomic E-state index is 10.7. The van der Waals surface area contributed by atoms with Crippen molar-refractivity contribution in [1.82, 2.24) is 9.55 Å².